The molecule has 0 spiro atoms. The molecule has 0 N–H and O–H groups in total. The Hall–Kier alpha value is -1.63. The number of nitrogens with zero attached hydrogens (tertiary/aromatic N) is 1. The van der Waals surface area contributed by atoms with E-state index in [2.05, 4.69) is 22.0 Å². The molecule has 0 atom stereocenters. The molecular formula is C16H14BrNO. The zero-order valence-corrected chi connectivity index (χ0v) is 12.3. The van der Waals surface area contributed by atoms with Gasteiger partial charge in [-0.3, -0.25) is 0 Å². The maximum atomic E-state index is 8.82. The van der Waals surface area contributed by atoms with E-state index in [1.807, 2.05) is 49.4 Å². The molecule has 2 aromatic rings. The number of nitriles is 1. The first kappa shape index (κ1) is 13.8. The third-order valence-corrected chi connectivity index (χ3v) is 3.38. The Morgan fingerprint density at radius 1 is 1.16 bits per heavy atom. The number of hydrogen-bond donors (Lipinski definition) is 0. The molecule has 0 unspecified atom stereocenters. The lowest BCUT2D eigenvalue weighted by Gasteiger charge is -2.08. The fraction of sp³-hybridized carbons (Fsp3) is 0.188. The number of hydrogen-bond acceptors (Lipinski definition) is 2. The Labute approximate surface area is 121 Å². The van der Waals surface area contributed by atoms with E-state index < -0.39 is 0 Å². The van der Waals surface area contributed by atoms with Crippen molar-refractivity contribution in [1.29, 1.82) is 5.26 Å². The molecule has 0 aliphatic rings. The van der Waals surface area contributed by atoms with Gasteiger partial charge in [0.15, 0.2) is 0 Å². The van der Waals surface area contributed by atoms with Crippen LogP contribution in [0.3, 0.4) is 0 Å². The standard InChI is InChI=1S/C16H14BrNO/c1-12-7-13(9-18)5-6-15(12)11-19-10-14-3-2-4-16(17)8-14/h2-8H,10-11H2,1H3. The molecule has 0 heterocycles. The number of halogens is 1. The molecule has 0 aromatic heterocycles. The number of ether oxygens (including phenoxy) is 1. The van der Waals surface area contributed by atoms with Crippen LogP contribution in [0, 0.1) is 18.3 Å². The van der Waals surface area contributed by atoms with E-state index in [4.69, 9.17) is 10.00 Å². The largest absolute Gasteiger partial charge is 0.372 e. The normalized spacial score (nSPS) is 10.2. The molecule has 2 nitrogen and oxygen atoms in total. The van der Waals surface area contributed by atoms with Gasteiger partial charge in [0.1, 0.15) is 0 Å². The SMILES string of the molecule is Cc1cc(C#N)ccc1COCc1cccc(Br)c1. The highest BCUT2D eigenvalue weighted by molar-refractivity contribution is 9.10. The Balaban J connectivity index is 1.94. The van der Waals surface area contributed by atoms with Crippen molar-refractivity contribution in [1.82, 2.24) is 0 Å². The summed E-state index contributed by atoms with van der Waals surface area (Å²) in [5, 5.41) is 8.82. The third kappa shape index (κ3) is 3.92. The van der Waals surface area contributed by atoms with Gasteiger partial charge in [-0.25, -0.2) is 0 Å². The van der Waals surface area contributed by atoms with Gasteiger partial charge < -0.3 is 4.74 Å². The molecule has 2 aromatic carbocycles. The van der Waals surface area contributed by atoms with Gasteiger partial charge in [0, 0.05) is 4.47 Å². The van der Waals surface area contributed by atoms with Gasteiger partial charge in [-0.05, 0) is 47.9 Å². The summed E-state index contributed by atoms with van der Waals surface area (Å²) in [6.07, 6.45) is 0. The predicted octanol–water partition coefficient (Wildman–Crippen LogP) is 4.35. The van der Waals surface area contributed by atoms with E-state index in [-0.39, 0.29) is 0 Å². The van der Waals surface area contributed by atoms with Gasteiger partial charge in [0.05, 0.1) is 24.8 Å². The molecular weight excluding hydrogens is 302 g/mol. The van der Waals surface area contributed by atoms with Gasteiger partial charge in [0.25, 0.3) is 0 Å². The molecule has 0 saturated carbocycles. The van der Waals surface area contributed by atoms with Crippen molar-refractivity contribution in [2.75, 3.05) is 0 Å². The zero-order valence-electron chi connectivity index (χ0n) is 10.7. The lowest BCUT2D eigenvalue weighted by Crippen LogP contribution is -1.96. The minimum Gasteiger partial charge on any atom is -0.372 e. The summed E-state index contributed by atoms with van der Waals surface area (Å²) in [6.45, 7) is 3.14. The molecule has 0 aliphatic heterocycles. The van der Waals surface area contributed by atoms with E-state index in [1.54, 1.807) is 0 Å². The average molecular weight is 316 g/mol. The quantitative estimate of drug-likeness (QED) is 0.840. The molecule has 0 saturated heterocycles. The van der Waals surface area contributed by atoms with Crippen LogP contribution in [-0.2, 0) is 18.0 Å². The van der Waals surface area contributed by atoms with E-state index in [9.17, 15) is 0 Å². The van der Waals surface area contributed by atoms with Crippen LogP contribution in [0.2, 0.25) is 0 Å². The second-order valence-electron chi connectivity index (χ2n) is 4.38. The van der Waals surface area contributed by atoms with Crippen molar-refractivity contribution in [3.63, 3.8) is 0 Å². The maximum absolute atomic E-state index is 8.82. The van der Waals surface area contributed by atoms with E-state index in [1.165, 1.54) is 0 Å². The first-order valence-corrected chi connectivity index (χ1v) is 6.80. The zero-order chi connectivity index (χ0) is 13.7. The average Bonchev–Trinajstić information content (AvgIpc) is 2.40. The predicted molar refractivity (Wildman–Crippen MR) is 78.5 cm³/mol. The van der Waals surface area contributed by atoms with Gasteiger partial charge in [0.2, 0.25) is 0 Å². The molecule has 2 rings (SSSR count). The highest BCUT2D eigenvalue weighted by atomic mass is 79.9. The summed E-state index contributed by atoms with van der Waals surface area (Å²) < 4.78 is 6.77. The summed E-state index contributed by atoms with van der Waals surface area (Å²) >= 11 is 3.44. The fourth-order valence-electron chi connectivity index (χ4n) is 1.83. The van der Waals surface area contributed by atoms with Crippen molar-refractivity contribution in [3.05, 3.63) is 69.2 Å². The molecule has 0 radical (unpaired) electrons. The minimum absolute atomic E-state index is 0.560. The number of benzene rings is 2. The van der Waals surface area contributed by atoms with Crippen LogP contribution >= 0.6 is 15.9 Å². The van der Waals surface area contributed by atoms with Crippen molar-refractivity contribution in [3.8, 4) is 6.07 Å². The molecule has 0 bridgehead atoms. The van der Waals surface area contributed by atoms with Crippen LogP contribution in [-0.4, -0.2) is 0 Å². The monoisotopic (exact) mass is 315 g/mol. The van der Waals surface area contributed by atoms with Crippen LogP contribution in [0.5, 0.6) is 0 Å². The van der Waals surface area contributed by atoms with Crippen molar-refractivity contribution in [2.45, 2.75) is 20.1 Å². The van der Waals surface area contributed by atoms with Crippen LogP contribution in [0.15, 0.2) is 46.9 Å². The summed E-state index contributed by atoms with van der Waals surface area (Å²) in [5.41, 5.74) is 4.04. The molecule has 96 valence electrons. The van der Waals surface area contributed by atoms with E-state index >= 15 is 0 Å². The molecule has 0 fully saturated rings. The van der Waals surface area contributed by atoms with Crippen LogP contribution < -0.4 is 0 Å². The van der Waals surface area contributed by atoms with Gasteiger partial charge in [-0.15, -0.1) is 0 Å². The molecule has 0 amide bonds. The summed E-state index contributed by atoms with van der Waals surface area (Å²) in [7, 11) is 0. The van der Waals surface area contributed by atoms with E-state index in [0.29, 0.717) is 18.8 Å². The Morgan fingerprint density at radius 3 is 2.68 bits per heavy atom. The van der Waals surface area contributed by atoms with Crippen LogP contribution in [0.4, 0.5) is 0 Å². The van der Waals surface area contributed by atoms with Gasteiger partial charge >= 0.3 is 0 Å². The third-order valence-electron chi connectivity index (χ3n) is 2.89. The van der Waals surface area contributed by atoms with Crippen molar-refractivity contribution < 1.29 is 4.74 Å². The second-order valence-corrected chi connectivity index (χ2v) is 5.29. The van der Waals surface area contributed by atoms with Gasteiger partial charge in [-0.2, -0.15) is 5.26 Å². The Morgan fingerprint density at radius 2 is 2.00 bits per heavy atom. The fourth-order valence-corrected chi connectivity index (χ4v) is 2.28. The smallest absolute Gasteiger partial charge is 0.0991 e. The molecule has 3 heteroatoms. The highest BCUT2D eigenvalue weighted by Crippen LogP contribution is 2.15. The summed E-state index contributed by atoms with van der Waals surface area (Å²) in [5.74, 6) is 0. The van der Waals surface area contributed by atoms with Crippen molar-refractivity contribution in [2.24, 2.45) is 0 Å². The lowest BCUT2D eigenvalue weighted by molar-refractivity contribution is 0.107. The first-order chi connectivity index (χ1) is 9.19. The number of aryl methyl sites for hydroxylation is 1. The van der Waals surface area contributed by atoms with Crippen LogP contribution in [0.25, 0.3) is 0 Å². The first-order valence-electron chi connectivity index (χ1n) is 6.01. The van der Waals surface area contributed by atoms with Crippen molar-refractivity contribution >= 4 is 15.9 Å². The topological polar surface area (TPSA) is 33.0 Å². The Kier molecular flexibility index (Phi) is 4.73. The molecule has 19 heavy (non-hydrogen) atoms. The maximum Gasteiger partial charge on any atom is 0.0991 e. The lowest BCUT2D eigenvalue weighted by atomic mass is 10.1. The highest BCUT2D eigenvalue weighted by Gasteiger charge is 2.01. The van der Waals surface area contributed by atoms with Crippen LogP contribution in [0.1, 0.15) is 22.3 Å². The minimum atomic E-state index is 0.560. The van der Waals surface area contributed by atoms with Gasteiger partial charge in [-0.1, -0.05) is 34.1 Å². The number of rotatable bonds is 4. The Bertz CT molecular complexity index is 616. The summed E-state index contributed by atoms with van der Waals surface area (Å²) in [4.78, 5) is 0. The molecule has 0 aliphatic carbocycles. The summed E-state index contributed by atoms with van der Waals surface area (Å²) in [6, 6.07) is 15.9. The second kappa shape index (κ2) is 6.51. The van der Waals surface area contributed by atoms with E-state index in [0.717, 1.165) is 21.2 Å².